The molecule has 5 nitrogen and oxygen atoms in total. The Morgan fingerprint density at radius 1 is 1.33 bits per heavy atom. The summed E-state index contributed by atoms with van der Waals surface area (Å²) < 4.78 is 0. The Kier molecular flexibility index (Phi) is 4.25. The van der Waals surface area contributed by atoms with Crippen molar-refractivity contribution < 1.29 is 14.7 Å². The van der Waals surface area contributed by atoms with Gasteiger partial charge < -0.3 is 10.0 Å². The standard InChI is InChI=1S/C19H20N2O3/c1-13-16-7-8-21(9-10-22)18(24)19(16,11-14(12-20)17(13)23)15-5-3-2-4-6-15/h2-6,11,13,16,22H,7-10H2,1H3/t13-,16?,19+/m0/s1. The van der Waals surface area contributed by atoms with Crippen LogP contribution in [0.25, 0.3) is 0 Å². The number of ketones is 1. The highest BCUT2D eigenvalue weighted by Crippen LogP contribution is 2.48. The maximum atomic E-state index is 13.3. The van der Waals surface area contributed by atoms with Crippen LogP contribution in [0, 0.1) is 23.2 Å². The van der Waals surface area contributed by atoms with Crippen molar-refractivity contribution >= 4 is 11.7 Å². The number of hydrogen-bond donors (Lipinski definition) is 1. The first-order valence-corrected chi connectivity index (χ1v) is 8.19. The van der Waals surface area contributed by atoms with Crippen molar-refractivity contribution in [2.45, 2.75) is 18.8 Å². The number of carbonyl (C=O) groups is 2. The Bertz CT molecular complexity index is 735. The number of carbonyl (C=O) groups excluding carboxylic acids is 2. The molecule has 0 spiro atoms. The third kappa shape index (κ3) is 2.26. The molecule has 1 N–H and O–H groups in total. The fourth-order valence-electron chi connectivity index (χ4n) is 4.14. The number of benzene rings is 1. The molecule has 1 fully saturated rings. The van der Waals surface area contributed by atoms with Crippen LogP contribution in [0.2, 0.25) is 0 Å². The summed E-state index contributed by atoms with van der Waals surface area (Å²) in [6.07, 6.45) is 2.24. The number of amides is 1. The van der Waals surface area contributed by atoms with E-state index < -0.39 is 5.41 Å². The van der Waals surface area contributed by atoms with Gasteiger partial charge in [0.05, 0.1) is 17.6 Å². The minimum atomic E-state index is -1.01. The number of rotatable bonds is 3. The molecule has 1 amide bonds. The number of likely N-dealkylation sites (tertiary alicyclic amines) is 1. The van der Waals surface area contributed by atoms with Gasteiger partial charge in [0.15, 0.2) is 5.78 Å². The van der Waals surface area contributed by atoms with Gasteiger partial charge in [-0.2, -0.15) is 5.26 Å². The Hall–Kier alpha value is -2.45. The molecule has 5 heteroatoms. The highest BCUT2D eigenvalue weighted by Gasteiger charge is 2.56. The minimum Gasteiger partial charge on any atom is -0.395 e. The van der Waals surface area contributed by atoms with Crippen molar-refractivity contribution in [1.29, 1.82) is 5.26 Å². The molecule has 1 unspecified atom stereocenters. The van der Waals surface area contributed by atoms with E-state index in [2.05, 4.69) is 0 Å². The lowest BCUT2D eigenvalue weighted by Gasteiger charge is -2.49. The van der Waals surface area contributed by atoms with E-state index in [-0.39, 0.29) is 42.3 Å². The zero-order valence-corrected chi connectivity index (χ0v) is 13.6. The highest BCUT2D eigenvalue weighted by atomic mass is 16.3. The summed E-state index contributed by atoms with van der Waals surface area (Å²) in [5, 5.41) is 18.6. The second-order valence-electron chi connectivity index (χ2n) is 6.47. The van der Waals surface area contributed by atoms with E-state index in [0.29, 0.717) is 13.0 Å². The van der Waals surface area contributed by atoms with Crippen molar-refractivity contribution in [3.05, 3.63) is 47.5 Å². The molecule has 1 aromatic rings. The summed E-state index contributed by atoms with van der Waals surface area (Å²) in [7, 11) is 0. The van der Waals surface area contributed by atoms with Gasteiger partial charge in [-0.3, -0.25) is 9.59 Å². The van der Waals surface area contributed by atoms with E-state index in [0.717, 1.165) is 5.56 Å². The number of allylic oxidation sites excluding steroid dienone is 1. The fraction of sp³-hybridized carbons (Fsp3) is 0.421. The minimum absolute atomic E-state index is 0.0572. The Morgan fingerprint density at radius 2 is 2.04 bits per heavy atom. The molecule has 124 valence electrons. The molecule has 0 saturated carbocycles. The molecular formula is C19H20N2O3. The average Bonchev–Trinajstić information content (AvgIpc) is 2.61. The van der Waals surface area contributed by atoms with Crippen LogP contribution in [-0.2, 0) is 15.0 Å². The largest absolute Gasteiger partial charge is 0.395 e. The molecule has 0 radical (unpaired) electrons. The van der Waals surface area contributed by atoms with Crippen molar-refractivity contribution in [3.8, 4) is 6.07 Å². The first-order chi connectivity index (χ1) is 11.6. The van der Waals surface area contributed by atoms with E-state index in [9.17, 15) is 20.0 Å². The van der Waals surface area contributed by atoms with E-state index in [1.807, 2.05) is 43.3 Å². The van der Waals surface area contributed by atoms with Gasteiger partial charge in [0.2, 0.25) is 5.91 Å². The van der Waals surface area contributed by atoms with Gasteiger partial charge in [-0.25, -0.2) is 0 Å². The van der Waals surface area contributed by atoms with Crippen LogP contribution in [0.15, 0.2) is 42.0 Å². The third-order valence-electron chi connectivity index (χ3n) is 5.33. The molecule has 1 saturated heterocycles. The number of fused-ring (bicyclic) bond motifs is 1. The predicted molar refractivity (Wildman–Crippen MR) is 87.8 cm³/mol. The molecule has 24 heavy (non-hydrogen) atoms. The first-order valence-electron chi connectivity index (χ1n) is 8.19. The summed E-state index contributed by atoms with van der Waals surface area (Å²) in [6, 6.07) is 11.3. The second kappa shape index (κ2) is 6.21. The fourth-order valence-corrected chi connectivity index (χ4v) is 4.14. The van der Waals surface area contributed by atoms with E-state index >= 15 is 0 Å². The lowest BCUT2D eigenvalue weighted by molar-refractivity contribution is -0.145. The smallest absolute Gasteiger partial charge is 0.237 e. The molecule has 3 rings (SSSR count). The molecule has 3 atom stereocenters. The topological polar surface area (TPSA) is 81.4 Å². The summed E-state index contributed by atoms with van der Waals surface area (Å²) in [6.45, 7) is 2.48. The number of β-amino-alcohol motifs (C(OH)–C–C–N with tert-alkyl or cyclic N) is 1. The van der Waals surface area contributed by atoms with E-state index in [1.165, 1.54) is 0 Å². The number of Topliss-reactive ketones (excluding diaryl/α,β-unsaturated/α-hetero) is 1. The summed E-state index contributed by atoms with van der Waals surface area (Å²) >= 11 is 0. The quantitative estimate of drug-likeness (QED) is 0.912. The Morgan fingerprint density at radius 3 is 2.67 bits per heavy atom. The third-order valence-corrected chi connectivity index (χ3v) is 5.33. The van der Waals surface area contributed by atoms with E-state index in [1.54, 1.807) is 11.0 Å². The van der Waals surface area contributed by atoms with Gasteiger partial charge in [0, 0.05) is 19.0 Å². The van der Waals surface area contributed by atoms with Crippen LogP contribution in [0.3, 0.4) is 0 Å². The molecule has 1 aromatic carbocycles. The summed E-state index contributed by atoms with van der Waals surface area (Å²) in [5.41, 5.74) is -0.149. The lowest BCUT2D eigenvalue weighted by atomic mass is 9.57. The number of nitrogens with zero attached hydrogens (tertiary/aromatic N) is 2. The van der Waals surface area contributed by atoms with Gasteiger partial charge in [0.1, 0.15) is 6.07 Å². The van der Waals surface area contributed by atoms with Gasteiger partial charge in [-0.1, -0.05) is 37.3 Å². The number of nitriles is 1. The Balaban J connectivity index is 2.24. The average molecular weight is 324 g/mol. The van der Waals surface area contributed by atoms with Crippen LogP contribution in [0.5, 0.6) is 0 Å². The SMILES string of the molecule is C[C@@H]1C(=O)C(C#N)=C[C@]2(c3ccccc3)C(=O)N(CCO)CCC12. The number of aliphatic hydroxyl groups excluding tert-OH is 1. The zero-order chi connectivity index (χ0) is 17.3. The van der Waals surface area contributed by atoms with Gasteiger partial charge >= 0.3 is 0 Å². The molecule has 0 aromatic heterocycles. The second-order valence-corrected chi connectivity index (χ2v) is 6.47. The van der Waals surface area contributed by atoms with Gasteiger partial charge in [-0.05, 0) is 24.0 Å². The Labute approximate surface area is 141 Å². The van der Waals surface area contributed by atoms with Crippen LogP contribution < -0.4 is 0 Å². The molecule has 0 bridgehead atoms. The number of aliphatic hydroxyl groups is 1. The molecule has 2 aliphatic rings. The molecular weight excluding hydrogens is 304 g/mol. The zero-order valence-electron chi connectivity index (χ0n) is 13.6. The van der Waals surface area contributed by atoms with Crippen molar-refractivity contribution in [2.75, 3.05) is 19.7 Å². The molecule has 1 aliphatic carbocycles. The van der Waals surface area contributed by atoms with Crippen molar-refractivity contribution in [2.24, 2.45) is 11.8 Å². The maximum Gasteiger partial charge on any atom is 0.237 e. The number of piperidine rings is 1. The van der Waals surface area contributed by atoms with Crippen molar-refractivity contribution in [3.63, 3.8) is 0 Å². The van der Waals surface area contributed by atoms with Crippen LogP contribution in [-0.4, -0.2) is 41.4 Å². The van der Waals surface area contributed by atoms with Crippen molar-refractivity contribution in [1.82, 2.24) is 4.90 Å². The normalized spacial score (nSPS) is 29.7. The molecule has 1 heterocycles. The van der Waals surface area contributed by atoms with E-state index in [4.69, 9.17) is 0 Å². The van der Waals surface area contributed by atoms with Crippen LogP contribution >= 0.6 is 0 Å². The summed E-state index contributed by atoms with van der Waals surface area (Å²) in [5.74, 6) is -0.874. The van der Waals surface area contributed by atoms with Gasteiger partial charge in [0.25, 0.3) is 0 Å². The first kappa shape index (κ1) is 16.4. The van der Waals surface area contributed by atoms with Crippen LogP contribution in [0.4, 0.5) is 0 Å². The maximum absolute atomic E-state index is 13.3. The molecule has 1 aliphatic heterocycles. The number of hydrogen-bond acceptors (Lipinski definition) is 4. The van der Waals surface area contributed by atoms with Gasteiger partial charge in [-0.15, -0.1) is 0 Å². The monoisotopic (exact) mass is 324 g/mol. The summed E-state index contributed by atoms with van der Waals surface area (Å²) in [4.78, 5) is 27.4. The highest BCUT2D eigenvalue weighted by molar-refractivity contribution is 6.06. The van der Waals surface area contributed by atoms with Crippen LogP contribution in [0.1, 0.15) is 18.9 Å². The predicted octanol–water partition coefficient (Wildman–Crippen LogP) is 1.43. The lowest BCUT2D eigenvalue weighted by Crippen LogP contribution is -2.60.